The Morgan fingerprint density at radius 1 is 1.38 bits per heavy atom. The second kappa shape index (κ2) is 4.24. The second-order valence-electron chi connectivity index (χ2n) is 3.44. The van der Waals surface area contributed by atoms with Crippen LogP contribution in [0.4, 0.5) is 4.11 Å². The first-order valence-corrected chi connectivity index (χ1v) is 7.93. The first kappa shape index (κ1) is 10.7. The van der Waals surface area contributed by atoms with E-state index >= 15 is 0 Å². The fraction of sp³-hybridized carbons (Fsp3) is 0.333. The molecule has 0 spiro atoms. The topological polar surface area (TPSA) is 9.23 Å². The number of rotatable bonds is 3. The standard InChI is InChI=1S/C9H12BrFOSi/c1-13(2,11)7-12-9-6-4-3-5-8(9)10/h3-6H,7H2,1-2H3. The van der Waals surface area contributed by atoms with Gasteiger partial charge in [0, 0.05) is 0 Å². The Balaban J connectivity index is 2.60. The van der Waals surface area contributed by atoms with Crippen LogP contribution in [0.2, 0.25) is 13.1 Å². The van der Waals surface area contributed by atoms with Crippen molar-refractivity contribution in [2.45, 2.75) is 13.1 Å². The van der Waals surface area contributed by atoms with E-state index in [0.717, 1.165) is 4.47 Å². The lowest BCUT2D eigenvalue weighted by atomic mass is 10.3. The van der Waals surface area contributed by atoms with Gasteiger partial charge in [0.05, 0.1) is 4.47 Å². The molecule has 13 heavy (non-hydrogen) atoms. The first-order valence-electron chi connectivity index (χ1n) is 4.05. The highest BCUT2D eigenvalue weighted by Gasteiger charge is 2.21. The van der Waals surface area contributed by atoms with Gasteiger partial charge in [0.2, 0.25) is 0 Å². The number of hydrogen-bond donors (Lipinski definition) is 0. The van der Waals surface area contributed by atoms with Gasteiger partial charge in [-0.2, -0.15) is 0 Å². The second-order valence-corrected chi connectivity index (χ2v) is 8.02. The van der Waals surface area contributed by atoms with Crippen molar-refractivity contribution in [1.29, 1.82) is 0 Å². The third-order valence-corrected chi connectivity index (χ3v) is 2.89. The van der Waals surface area contributed by atoms with Crippen molar-refractivity contribution in [2.24, 2.45) is 0 Å². The van der Waals surface area contributed by atoms with Crippen LogP contribution in [0.5, 0.6) is 5.75 Å². The molecular weight excluding hydrogens is 251 g/mol. The summed E-state index contributed by atoms with van der Waals surface area (Å²) < 4.78 is 19.4. The van der Waals surface area contributed by atoms with Gasteiger partial charge in [0.1, 0.15) is 12.0 Å². The van der Waals surface area contributed by atoms with E-state index in [1.165, 1.54) is 0 Å². The predicted molar refractivity (Wildman–Crippen MR) is 58.2 cm³/mol. The van der Waals surface area contributed by atoms with E-state index in [4.69, 9.17) is 4.74 Å². The molecule has 4 heteroatoms. The van der Waals surface area contributed by atoms with Gasteiger partial charge in [-0.25, -0.2) is 0 Å². The molecule has 0 unspecified atom stereocenters. The summed E-state index contributed by atoms with van der Waals surface area (Å²) in [4.78, 5) is 0. The van der Waals surface area contributed by atoms with Crippen LogP contribution >= 0.6 is 15.9 Å². The molecule has 0 radical (unpaired) electrons. The van der Waals surface area contributed by atoms with Crippen molar-refractivity contribution >= 4 is 24.3 Å². The van der Waals surface area contributed by atoms with Crippen LogP contribution in [-0.4, -0.2) is 14.6 Å². The quantitative estimate of drug-likeness (QED) is 0.598. The van der Waals surface area contributed by atoms with Gasteiger partial charge >= 0.3 is 0 Å². The third kappa shape index (κ3) is 3.91. The highest BCUT2D eigenvalue weighted by atomic mass is 79.9. The van der Waals surface area contributed by atoms with E-state index < -0.39 is 8.41 Å². The van der Waals surface area contributed by atoms with Crippen molar-refractivity contribution in [3.05, 3.63) is 28.7 Å². The molecule has 0 saturated heterocycles. The van der Waals surface area contributed by atoms with Crippen LogP contribution in [0.3, 0.4) is 0 Å². The molecule has 0 atom stereocenters. The number of ether oxygens (including phenoxy) is 1. The molecule has 1 aromatic rings. The van der Waals surface area contributed by atoms with Gasteiger partial charge in [-0.05, 0) is 41.2 Å². The maximum absolute atomic E-state index is 13.2. The highest BCUT2D eigenvalue weighted by Crippen LogP contribution is 2.24. The van der Waals surface area contributed by atoms with Gasteiger partial charge in [-0.1, -0.05) is 12.1 Å². The Morgan fingerprint density at radius 3 is 2.54 bits per heavy atom. The molecule has 0 fully saturated rings. The lowest BCUT2D eigenvalue weighted by molar-refractivity contribution is 0.364. The fourth-order valence-corrected chi connectivity index (χ4v) is 1.71. The maximum atomic E-state index is 13.2. The summed E-state index contributed by atoms with van der Waals surface area (Å²) in [6.45, 7) is 3.26. The summed E-state index contributed by atoms with van der Waals surface area (Å²) >= 11 is 3.33. The van der Waals surface area contributed by atoms with Gasteiger partial charge < -0.3 is 8.84 Å². The van der Waals surface area contributed by atoms with E-state index in [2.05, 4.69) is 15.9 Å². The summed E-state index contributed by atoms with van der Waals surface area (Å²) in [7, 11) is -2.61. The molecule has 0 aliphatic rings. The molecule has 0 saturated carbocycles. The molecule has 0 aliphatic heterocycles. The third-order valence-electron chi connectivity index (χ3n) is 1.41. The molecule has 0 amide bonds. The van der Waals surface area contributed by atoms with Crippen molar-refractivity contribution < 1.29 is 8.84 Å². The zero-order valence-corrected chi connectivity index (χ0v) is 10.3. The largest absolute Gasteiger partial charge is 0.493 e. The Hall–Kier alpha value is -0.353. The van der Waals surface area contributed by atoms with Crippen LogP contribution in [0, 0.1) is 0 Å². The number of para-hydroxylation sites is 1. The molecule has 0 heterocycles. The van der Waals surface area contributed by atoms with Crippen LogP contribution in [0.25, 0.3) is 0 Å². The monoisotopic (exact) mass is 262 g/mol. The normalized spacial score (nSPS) is 11.4. The first-order chi connectivity index (χ1) is 5.99. The molecule has 1 aromatic carbocycles. The molecule has 0 bridgehead atoms. The number of benzene rings is 1. The zero-order chi connectivity index (χ0) is 9.90. The van der Waals surface area contributed by atoms with Crippen molar-refractivity contribution in [3.63, 3.8) is 0 Å². The minimum atomic E-state index is -2.61. The number of halogens is 2. The van der Waals surface area contributed by atoms with Crippen LogP contribution in [0.15, 0.2) is 28.7 Å². The van der Waals surface area contributed by atoms with Crippen molar-refractivity contribution in [2.75, 3.05) is 6.23 Å². The van der Waals surface area contributed by atoms with Crippen LogP contribution in [-0.2, 0) is 0 Å². The Kier molecular flexibility index (Phi) is 3.50. The van der Waals surface area contributed by atoms with Crippen molar-refractivity contribution in [1.82, 2.24) is 0 Å². The lowest BCUT2D eigenvalue weighted by Crippen LogP contribution is -2.28. The van der Waals surface area contributed by atoms with E-state index in [-0.39, 0.29) is 6.23 Å². The van der Waals surface area contributed by atoms with E-state index in [1.807, 2.05) is 24.3 Å². The van der Waals surface area contributed by atoms with Gasteiger partial charge in [0.25, 0.3) is 8.41 Å². The summed E-state index contributed by atoms with van der Waals surface area (Å²) in [6.07, 6.45) is 0.204. The van der Waals surface area contributed by atoms with Gasteiger partial charge in [-0.3, -0.25) is 0 Å². The minimum Gasteiger partial charge on any atom is -0.493 e. The Morgan fingerprint density at radius 2 is 2.00 bits per heavy atom. The average Bonchev–Trinajstić information content (AvgIpc) is 2.01. The molecule has 0 N–H and O–H groups in total. The lowest BCUT2D eigenvalue weighted by Gasteiger charge is -2.13. The van der Waals surface area contributed by atoms with Crippen LogP contribution in [0.1, 0.15) is 0 Å². The molecule has 0 aromatic heterocycles. The number of hydrogen-bond acceptors (Lipinski definition) is 1. The Labute approximate surface area is 87.2 Å². The molecule has 72 valence electrons. The minimum absolute atomic E-state index is 0.204. The summed E-state index contributed by atoms with van der Waals surface area (Å²) in [5.41, 5.74) is 0. The maximum Gasteiger partial charge on any atom is 0.278 e. The highest BCUT2D eigenvalue weighted by molar-refractivity contribution is 9.10. The molecule has 0 aliphatic carbocycles. The molecule has 1 nitrogen and oxygen atoms in total. The van der Waals surface area contributed by atoms with E-state index in [9.17, 15) is 4.11 Å². The predicted octanol–water partition coefficient (Wildman–Crippen LogP) is 3.54. The zero-order valence-electron chi connectivity index (χ0n) is 7.68. The van der Waals surface area contributed by atoms with Crippen LogP contribution < -0.4 is 4.74 Å². The van der Waals surface area contributed by atoms with Crippen molar-refractivity contribution in [3.8, 4) is 5.75 Å². The summed E-state index contributed by atoms with van der Waals surface area (Å²) in [5, 5.41) is 0. The van der Waals surface area contributed by atoms with Gasteiger partial charge in [0.15, 0.2) is 0 Å². The van der Waals surface area contributed by atoms with E-state index in [0.29, 0.717) is 5.75 Å². The molecular formula is C9H12BrFOSi. The SMILES string of the molecule is C[Si](C)(F)COc1ccccc1Br. The fourth-order valence-electron chi connectivity index (χ4n) is 0.811. The Bertz CT molecular complexity index is 285. The van der Waals surface area contributed by atoms with E-state index in [1.54, 1.807) is 13.1 Å². The summed E-state index contributed by atoms with van der Waals surface area (Å²) in [6, 6.07) is 7.47. The summed E-state index contributed by atoms with van der Waals surface area (Å²) in [5.74, 6) is 0.709. The van der Waals surface area contributed by atoms with Gasteiger partial charge in [-0.15, -0.1) is 0 Å². The smallest absolute Gasteiger partial charge is 0.278 e. The molecule has 1 rings (SSSR count). The average molecular weight is 263 g/mol.